The Bertz CT molecular complexity index is 767. The van der Waals surface area contributed by atoms with Gasteiger partial charge in [0.25, 0.3) is 0 Å². The lowest BCUT2D eigenvalue weighted by atomic mass is 10.2. The van der Waals surface area contributed by atoms with E-state index in [-0.39, 0.29) is 0 Å². The molecule has 0 aliphatic heterocycles. The molecule has 0 fully saturated rings. The highest BCUT2D eigenvalue weighted by molar-refractivity contribution is 6.31. The van der Waals surface area contributed by atoms with E-state index >= 15 is 0 Å². The van der Waals surface area contributed by atoms with Crippen LogP contribution in [0.15, 0.2) is 65.1 Å². The average molecular weight is 332 g/mol. The van der Waals surface area contributed by atoms with Crippen molar-refractivity contribution in [3.8, 4) is 11.3 Å². The summed E-state index contributed by atoms with van der Waals surface area (Å²) in [5.41, 5.74) is 2.05. The number of halogens is 2. The van der Waals surface area contributed by atoms with Gasteiger partial charge in [0.15, 0.2) is 0 Å². The van der Waals surface area contributed by atoms with Crippen LogP contribution in [0.2, 0.25) is 10.0 Å². The van der Waals surface area contributed by atoms with Gasteiger partial charge in [-0.15, -0.1) is 0 Å². The summed E-state index contributed by atoms with van der Waals surface area (Å²) < 4.78 is 5.84. The van der Waals surface area contributed by atoms with Crippen LogP contribution in [0, 0.1) is 0 Å². The fourth-order valence-corrected chi connectivity index (χ4v) is 2.62. The van der Waals surface area contributed by atoms with Crippen LogP contribution in [0.5, 0.6) is 0 Å². The van der Waals surface area contributed by atoms with Crippen molar-refractivity contribution in [3.63, 3.8) is 0 Å². The molecule has 112 valence electrons. The smallest absolute Gasteiger partial charge is 0.134 e. The van der Waals surface area contributed by atoms with Crippen LogP contribution >= 0.6 is 23.2 Å². The van der Waals surface area contributed by atoms with Crippen molar-refractivity contribution >= 4 is 23.2 Å². The van der Waals surface area contributed by atoms with Gasteiger partial charge in [-0.2, -0.15) is 0 Å². The van der Waals surface area contributed by atoms with Gasteiger partial charge in [-0.1, -0.05) is 53.5 Å². The number of nitrogens with one attached hydrogen (secondary N) is 1. The third kappa shape index (κ3) is 3.72. The Kier molecular flexibility index (Phi) is 4.84. The Hall–Kier alpha value is -1.74. The van der Waals surface area contributed by atoms with Gasteiger partial charge >= 0.3 is 0 Å². The maximum atomic E-state index is 6.13. The van der Waals surface area contributed by atoms with Crippen molar-refractivity contribution in [2.75, 3.05) is 0 Å². The molecule has 1 aromatic heterocycles. The lowest BCUT2D eigenvalue weighted by Gasteiger charge is -2.05. The second-order valence-electron chi connectivity index (χ2n) is 4.97. The summed E-state index contributed by atoms with van der Waals surface area (Å²) >= 11 is 12.1. The largest absolute Gasteiger partial charge is 0.460 e. The number of furan rings is 1. The molecule has 2 aromatic carbocycles. The first kappa shape index (κ1) is 15.2. The zero-order valence-corrected chi connectivity index (χ0v) is 13.4. The summed E-state index contributed by atoms with van der Waals surface area (Å²) in [6, 6.07) is 19.4. The van der Waals surface area contributed by atoms with Gasteiger partial charge in [0.2, 0.25) is 0 Å². The summed E-state index contributed by atoms with van der Waals surface area (Å²) in [5.74, 6) is 1.69. The fourth-order valence-electron chi connectivity index (χ4n) is 2.23. The van der Waals surface area contributed by atoms with Crippen LogP contribution in [-0.2, 0) is 13.1 Å². The van der Waals surface area contributed by atoms with Crippen LogP contribution in [-0.4, -0.2) is 0 Å². The van der Waals surface area contributed by atoms with Crippen LogP contribution in [0.25, 0.3) is 11.3 Å². The lowest BCUT2D eigenvalue weighted by molar-refractivity contribution is 0.493. The lowest BCUT2D eigenvalue weighted by Crippen LogP contribution is -2.12. The SMILES string of the molecule is Clc1cccc(-c2ccc(CNCc3ccccc3Cl)o2)c1. The Balaban J connectivity index is 1.62. The van der Waals surface area contributed by atoms with Crippen LogP contribution in [0.3, 0.4) is 0 Å². The van der Waals surface area contributed by atoms with Gasteiger partial charge in [0.1, 0.15) is 11.5 Å². The Labute approximate surface area is 139 Å². The van der Waals surface area contributed by atoms with E-state index < -0.39 is 0 Å². The highest BCUT2D eigenvalue weighted by Crippen LogP contribution is 2.24. The second-order valence-corrected chi connectivity index (χ2v) is 5.81. The van der Waals surface area contributed by atoms with E-state index in [0.717, 1.165) is 27.7 Å². The number of hydrogen-bond donors (Lipinski definition) is 1. The van der Waals surface area contributed by atoms with E-state index in [2.05, 4.69) is 5.32 Å². The maximum absolute atomic E-state index is 6.13. The van der Waals surface area contributed by atoms with E-state index in [9.17, 15) is 0 Å². The summed E-state index contributed by atoms with van der Waals surface area (Å²) in [6.07, 6.45) is 0. The molecule has 0 aliphatic carbocycles. The molecule has 3 aromatic rings. The van der Waals surface area contributed by atoms with E-state index in [0.29, 0.717) is 18.1 Å². The van der Waals surface area contributed by atoms with Crippen molar-refractivity contribution in [3.05, 3.63) is 82.0 Å². The Morgan fingerprint density at radius 3 is 2.55 bits per heavy atom. The van der Waals surface area contributed by atoms with Gasteiger partial charge in [0.05, 0.1) is 6.54 Å². The molecular weight excluding hydrogens is 317 g/mol. The standard InChI is InChI=1S/C18H15Cl2NO/c19-15-6-3-5-13(10-15)18-9-8-16(22-18)12-21-11-14-4-1-2-7-17(14)20/h1-10,21H,11-12H2. The quantitative estimate of drug-likeness (QED) is 0.663. The molecule has 0 radical (unpaired) electrons. The molecule has 0 bridgehead atoms. The molecule has 0 aliphatic rings. The normalized spacial score (nSPS) is 10.8. The molecular formula is C18H15Cl2NO. The highest BCUT2D eigenvalue weighted by Gasteiger charge is 2.05. The molecule has 0 spiro atoms. The topological polar surface area (TPSA) is 25.2 Å². The molecule has 2 nitrogen and oxygen atoms in total. The maximum Gasteiger partial charge on any atom is 0.134 e. The fraction of sp³-hybridized carbons (Fsp3) is 0.111. The zero-order valence-electron chi connectivity index (χ0n) is 11.9. The predicted molar refractivity (Wildman–Crippen MR) is 91.1 cm³/mol. The zero-order chi connectivity index (χ0) is 15.4. The van der Waals surface area contributed by atoms with Gasteiger partial charge in [-0.3, -0.25) is 0 Å². The molecule has 3 rings (SSSR count). The molecule has 22 heavy (non-hydrogen) atoms. The second kappa shape index (κ2) is 7.01. The van der Waals surface area contributed by atoms with Crippen molar-refractivity contribution in [2.24, 2.45) is 0 Å². The van der Waals surface area contributed by atoms with Crippen molar-refractivity contribution < 1.29 is 4.42 Å². The van der Waals surface area contributed by atoms with Crippen LogP contribution in [0.1, 0.15) is 11.3 Å². The molecule has 1 heterocycles. The summed E-state index contributed by atoms with van der Waals surface area (Å²) in [7, 11) is 0. The third-order valence-corrected chi connectivity index (χ3v) is 3.95. The molecule has 0 unspecified atom stereocenters. The van der Waals surface area contributed by atoms with Crippen molar-refractivity contribution in [1.29, 1.82) is 0 Å². The predicted octanol–water partition coefficient (Wildman–Crippen LogP) is 5.54. The monoisotopic (exact) mass is 331 g/mol. The first-order valence-corrected chi connectivity index (χ1v) is 7.77. The van der Waals surface area contributed by atoms with Crippen LogP contribution in [0.4, 0.5) is 0 Å². The van der Waals surface area contributed by atoms with E-state index in [1.54, 1.807) is 0 Å². The number of benzene rings is 2. The molecule has 0 amide bonds. The minimum absolute atomic E-state index is 0.645. The third-order valence-electron chi connectivity index (χ3n) is 3.34. The minimum atomic E-state index is 0.645. The van der Waals surface area contributed by atoms with Crippen molar-refractivity contribution in [1.82, 2.24) is 5.32 Å². The molecule has 0 atom stereocenters. The van der Waals surface area contributed by atoms with E-state index in [4.69, 9.17) is 27.6 Å². The highest BCUT2D eigenvalue weighted by atomic mass is 35.5. The van der Waals surface area contributed by atoms with Gasteiger partial charge < -0.3 is 9.73 Å². The van der Waals surface area contributed by atoms with Crippen molar-refractivity contribution in [2.45, 2.75) is 13.1 Å². The van der Waals surface area contributed by atoms with Gasteiger partial charge in [-0.05, 0) is 35.9 Å². The first-order valence-electron chi connectivity index (χ1n) is 7.01. The summed E-state index contributed by atoms with van der Waals surface area (Å²) in [4.78, 5) is 0. The van der Waals surface area contributed by atoms with Gasteiger partial charge in [0, 0.05) is 22.2 Å². The molecule has 4 heteroatoms. The molecule has 1 N–H and O–H groups in total. The summed E-state index contributed by atoms with van der Waals surface area (Å²) in [5, 5.41) is 4.80. The first-order chi connectivity index (χ1) is 10.7. The summed E-state index contributed by atoms with van der Waals surface area (Å²) in [6.45, 7) is 1.35. The number of hydrogen-bond acceptors (Lipinski definition) is 2. The molecule has 0 saturated carbocycles. The Morgan fingerprint density at radius 1 is 0.864 bits per heavy atom. The average Bonchev–Trinajstić information content (AvgIpc) is 2.98. The van der Waals surface area contributed by atoms with Gasteiger partial charge in [-0.25, -0.2) is 0 Å². The number of rotatable bonds is 5. The molecule has 0 saturated heterocycles. The minimum Gasteiger partial charge on any atom is -0.460 e. The van der Waals surface area contributed by atoms with E-state index in [1.165, 1.54) is 0 Å². The Morgan fingerprint density at radius 2 is 1.73 bits per heavy atom. The van der Waals surface area contributed by atoms with E-state index in [1.807, 2.05) is 60.7 Å². The van der Waals surface area contributed by atoms with Crippen LogP contribution < -0.4 is 5.32 Å².